The maximum atomic E-state index is 9.40. The molecule has 2 aromatic carbocycles. The predicted octanol–water partition coefficient (Wildman–Crippen LogP) is 2.52. The zero-order valence-corrected chi connectivity index (χ0v) is 12.9. The van der Waals surface area contributed by atoms with Crippen molar-refractivity contribution >= 4 is 34.3 Å². The standard InChI is InChI=1S/C16H15ClN4O2/c17-11-5-4-9(7-22)10(6-11)8-23-13-3-1-2-12-14(13)15(18)21-16(19)20-12/h1-6,22H,7-8H2,(H4,18,19,20,21). The van der Waals surface area contributed by atoms with Gasteiger partial charge in [0.25, 0.3) is 0 Å². The SMILES string of the molecule is Nc1nc(N)c2c(OCc3cc(Cl)ccc3CO)cccc2n1. The average Bonchev–Trinajstić information content (AvgIpc) is 2.52. The number of benzene rings is 2. The van der Waals surface area contributed by atoms with Gasteiger partial charge in [0, 0.05) is 5.02 Å². The van der Waals surface area contributed by atoms with Gasteiger partial charge in [-0.2, -0.15) is 4.98 Å². The van der Waals surface area contributed by atoms with Crippen molar-refractivity contribution in [2.75, 3.05) is 11.5 Å². The van der Waals surface area contributed by atoms with Crippen LogP contribution in [0.5, 0.6) is 5.75 Å². The Hall–Kier alpha value is -2.57. The molecule has 0 atom stereocenters. The first-order valence-corrected chi connectivity index (χ1v) is 7.29. The van der Waals surface area contributed by atoms with E-state index in [-0.39, 0.29) is 25.0 Å². The van der Waals surface area contributed by atoms with E-state index in [0.29, 0.717) is 21.7 Å². The number of rotatable bonds is 4. The summed E-state index contributed by atoms with van der Waals surface area (Å²) in [7, 11) is 0. The molecule has 0 fully saturated rings. The van der Waals surface area contributed by atoms with Crippen LogP contribution < -0.4 is 16.2 Å². The smallest absolute Gasteiger partial charge is 0.222 e. The van der Waals surface area contributed by atoms with E-state index in [1.54, 1.807) is 36.4 Å². The van der Waals surface area contributed by atoms with E-state index in [9.17, 15) is 5.11 Å². The van der Waals surface area contributed by atoms with Crippen molar-refractivity contribution < 1.29 is 9.84 Å². The maximum absolute atomic E-state index is 9.40. The average molecular weight is 331 g/mol. The van der Waals surface area contributed by atoms with Crippen LogP contribution in [0.3, 0.4) is 0 Å². The normalized spacial score (nSPS) is 10.9. The van der Waals surface area contributed by atoms with Gasteiger partial charge >= 0.3 is 0 Å². The van der Waals surface area contributed by atoms with Crippen LogP contribution in [-0.4, -0.2) is 15.1 Å². The first-order chi connectivity index (χ1) is 11.1. The lowest BCUT2D eigenvalue weighted by Gasteiger charge is -2.13. The number of aliphatic hydroxyl groups excluding tert-OH is 1. The van der Waals surface area contributed by atoms with Crippen molar-refractivity contribution in [2.24, 2.45) is 0 Å². The second-order valence-electron chi connectivity index (χ2n) is 4.98. The van der Waals surface area contributed by atoms with Crippen LogP contribution >= 0.6 is 11.6 Å². The summed E-state index contributed by atoms with van der Waals surface area (Å²) < 4.78 is 5.85. The highest BCUT2D eigenvalue weighted by atomic mass is 35.5. The van der Waals surface area contributed by atoms with Crippen LogP contribution in [-0.2, 0) is 13.2 Å². The van der Waals surface area contributed by atoms with Crippen molar-refractivity contribution in [3.63, 3.8) is 0 Å². The molecular weight excluding hydrogens is 316 g/mol. The Morgan fingerprint density at radius 1 is 1.09 bits per heavy atom. The van der Waals surface area contributed by atoms with Gasteiger partial charge in [-0.15, -0.1) is 0 Å². The molecule has 6 nitrogen and oxygen atoms in total. The summed E-state index contributed by atoms with van der Waals surface area (Å²) in [6.07, 6.45) is 0. The van der Waals surface area contributed by atoms with Gasteiger partial charge in [-0.3, -0.25) is 0 Å². The van der Waals surface area contributed by atoms with Gasteiger partial charge < -0.3 is 21.3 Å². The summed E-state index contributed by atoms with van der Waals surface area (Å²) in [6, 6.07) is 10.6. The highest BCUT2D eigenvalue weighted by molar-refractivity contribution is 6.30. The summed E-state index contributed by atoms with van der Waals surface area (Å²) in [5.74, 6) is 0.921. The lowest BCUT2D eigenvalue weighted by Crippen LogP contribution is -2.04. The summed E-state index contributed by atoms with van der Waals surface area (Å²) in [4.78, 5) is 8.11. The summed E-state index contributed by atoms with van der Waals surface area (Å²) >= 11 is 6.00. The highest BCUT2D eigenvalue weighted by Gasteiger charge is 2.11. The van der Waals surface area contributed by atoms with Crippen LogP contribution in [0, 0.1) is 0 Å². The Bertz CT molecular complexity index is 870. The van der Waals surface area contributed by atoms with Crippen molar-refractivity contribution in [3.05, 3.63) is 52.5 Å². The van der Waals surface area contributed by atoms with Crippen molar-refractivity contribution in [2.45, 2.75) is 13.2 Å². The zero-order valence-electron chi connectivity index (χ0n) is 12.2. The van der Waals surface area contributed by atoms with E-state index in [1.165, 1.54) is 0 Å². The Balaban J connectivity index is 1.95. The van der Waals surface area contributed by atoms with E-state index >= 15 is 0 Å². The fourth-order valence-electron chi connectivity index (χ4n) is 2.36. The molecule has 3 rings (SSSR count). The second kappa shape index (κ2) is 6.28. The molecule has 0 aliphatic heterocycles. The molecule has 1 heterocycles. The van der Waals surface area contributed by atoms with Gasteiger partial charge in [-0.1, -0.05) is 23.7 Å². The van der Waals surface area contributed by atoms with E-state index in [2.05, 4.69) is 9.97 Å². The largest absolute Gasteiger partial charge is 0.488 e. The molecule has 0 radical (unpaired) electrons. The summed E-state index contributed by atoms with van der Waals surface area (Å²) in [5, 5.41) is 10.6. The molecule has 118 valence electrons. The minimum atomic E-state index is -0.0901. The molecule has 23 heavy (non-hydrogen) atoms. The molecule has 0 saturated heterocycles. The molecule has 0 amide bonds. The molecule has 0 aliphatic carbocycles. The molecule has 1 aromatic heterocycles. The van der Waals surface area contributed by atoms with Gasteiger partial charge in [-0.25, -0.2) is 4.98 Å². The molecule has 0 bridgehead atoms. The number of fused-ring (bicyclic) bond motifs is 1. The lowest BCUT2D eigenvalue weighted by molar-refractivity contribution is 0.270. The van der Waals surface area contributed by atoms with Crippen molar-refractivity contribution in [3.8, 4) is 5.75 Å². The number of hydrogen-bond donors (Lipinski definition) is 3. The Morgan fingerprint density at radius 2 is 1.91 bits per heavy atom. The lowest BCUT2D eigenvalue weighted by atomic mass is 10.1. The van der Waals surface area contributed by atoms with Crippen LogP contribution in [0.1, 0.15) is 11.1 Å². The molecule has 0 unspecified atom stereocenters. The molecule has 5 N–H and O–H groups in total. The van der Waals surface area contributed by atoms with Crippen molar-refractivity contribution in [1.29, 1.82) is 0 Å². The number of hydrogen-bond acceptors (Lipinski definition) is 6. The summed E-state index contributed by atoms with van der Waals surface area (Å²) in [6.45, 7) is 0.145. The van der Waals surface area contributed by atoms with Crippen LogP contribution in [0.25, 0.3) is 10.9 Å². The van der Waals surface area contributed by atoms with Gasteiger partial charge in [0.15, 0.2) is 0 Å². The van der Waals surface area contributed by atoms with Crippen LogP contribution in [0.4, 0.5) is 11.8 Å². The van der Waals surface area contributed by atoms with E-state index in [0.717, 1.165) is 11.1 Å². The van der Waals surface area contributed by atoms with Crippen molar-refractivity contribution in [1.82, 2.24) is 9.97 Å². The Kier molecular flexibility index (Phi) is 4.18. The van der Waals surface area contributed by atoms with E-state index in [1.807, 2.05) is 0 Å². The molecule has 3 aromatic rings. The van der Waals surface area contributed by atoms with Crippen LogP contribution in [0.2, 0.25) is 5.02 Å². The number of halogens is 1. The minimum absolute atomic E-state index is 0.0901. The van der Waals surface area contributed by atoms with Crippen LogP contribution in [0.15, 0.2) is 36.4 Å². The monoisotopic (exact) mass is 330 g/mol. The fourth-order valence-corrected chi connectivity index (χ4v) is 2.55. The molecule has 7 heteroatoms. The third-order valence-corrected chi connectivity index (χ3v) is 3.69. The Labute approximate surface area is 137 Å². The number of nitrogens with zero attached hydrogens (tertiary/aromatic N) is 2. The number of nitrogen functional groups attached to an aromatic ring is 2. The summed E-state index contributed by atoms with van der Waals surface area (Å²) in [5.41, 5.74) is 13.7. The highest BCUT2D eigenvalue weighted by Crippen LogP contribution is 2.30. The number of nitrogens with two attached hydrogens (primary N) is 2. The van der Waals surface area contributed by atoms with Gasteiger partial charge in [0.1, 0.15) is 18.2 Å². The quantitative estimate of drug-likeness (QED) is 0.678. The van der Waals surface area contributed by atoms with E-state index < -0.39 is 0 Å². The van der Waals surface area contributed by atoms with Gasteiger partial charge in [0.2, 0.25) is 5.95 Å². The fraction of sp³-hybridized carbons (Fsp3) is 0.125. The number of aromatic nitrogens is 2. The number of aliphatic hydroxyl groups is 1. The number of anilines is 2. The maximum Gasteiger partial charge on any atom is 0.222 e. The van der Waals surface area contributed by atoms with E-state index in [4.69, 9.17) is 27.8 Å². The Morgan fingerprint density at radius 3 is 2.70 bits per heavy atom. The third-order valence-electron chi connectivity index (χ3n) is 3.45. The molecule has 0 aliphatic rings. The van der Waals surface area contributed by atoms with Gasteiger partial charge in [-0.05, 0) is 35.4 Å². The van der Waals surface area contributed by atoms with Gasteiger partial charge in [0.05, 0.1) is 17.5 Å². The predicted molar refractivity (Wildman–Crippen MR) is 90.1 cm³/mol. The minimum Gasteiger partial charge on any atom is -0.488 e. The zero-order chi connectivity index (χ0) is 16.4. The second-order valence-corrected chi connectivity index (χ2v) is 5.41. The molecular formula is C16H15ClN4O2. The topological polar surface area (TPSA) is 107 Å². The molecule has 0 saturated carbocycles. The third kappa shape index (κ3) is 3.13. The first kappa shape index (κ1) is 15.3. The number of ether oxygens (including phenoxy) is 1. The molecule has 0 spiro atoms. The first-order valence-electron chi connectivity index (χ1n) is 6.91.